The van der Waals surface area contributed by atoms with Gasteiger partial charge >= 0.3 is 5.97 Å². The SMILES string of the molecule is Cc1cc2c3c(c1)c(=O)c(C(=O)NC(C(=O)NC1C(=O)N4C1SC(C)(C)C4C(=O)O)c1ccccc1)cn3CCC2. The monoisotopic (exact) mass is 574 g/mol. The van der Waals surface area contributed by atoms with Gasteiger partial charge in [0.2, 0.25) is 17.2 Å². The maximum absolute atomic E-state index is 13.6. The van der Waals surface area contributed by atoms with E-state index in [9.17, 15) is 29.1 Å². The van der Waals surface area contributed by atoms with E-state index in [0.29, 0.717) is 17.5 Å². The van der Waals surface area contributed by atoms with Crippen LogP contribution in [-0.4, -0.2) is 60.5 Å². The Bertz CT molecular complexity index is 1680. The molecule has 3 N–H and O–H groups in total. The summed E-state index contributed by atoms with van der Waals surface area (Å²) in [4.78, 5) is 66.9. The van der Waals surface area contributed by atoms with Crippen molar-refractivity contribution in [2.45, 2.75) is 68.4 Å². The first kappa shape index (κ1) is 27.1. The number of nitrogens with zero attached hydrogens (tertiary/aromatic N) is 2. The maximum atomic E-state index is 13.6. The largest absolute Gasteiger partial charge is 0.480 e. The number of benzene rings is 2. The molecule has 0 saturated carbocycles. The van der Waals surface area contributed by atoms with E-state index in [-0.39, 0.29) is 5.56 Å². The minimum absolute atomic E-state index is 0.0621. The van der Waals surface area contributed by atoms with E-state index < -0.39 is 57.4 Å². The second-order valence-electron chi connectivity index (χ2n) is 11.4. The first-order chi connectivity index (χ1) is 19.5. The van der Waals surface area contributed by atoms with Crippen LogP contribution in [0.5, 0.6) is 0 Å². The van der Waals surface area contributed by atoms with E-state index in [1.165, 1.54) is 16.7 Å². The summed E-state index contributed by atoms with van der Waals surface area (Å²) in [6.45, 7) is 6.10. The van der Waals surface area contributed by atoms with E-state index in [0.717, 1.165) is 29.5 Å². The highest BCUT2D eigenvalue weighted by Crippen LogP contribution is 2.50. The Hall–Kier alpha value is -4.12. The third kappa shape index (κ3) is 4.39. The number of aromatic nitrogens is 1. The number of aryl methyl sites for hydroxylation is 3. The standard InChI is InChI=1S/C30H30N4O6S/c1-15-12-17-10-7-11-33-14-19(23(35)18(13-15)22(17)33)25(36)31-20(16-8-5-4-6-9-16)26(37)32-21-27(38)34-24(29(39)40)30(2,3)41-28(21)34/h4-6,8-9,12-14,20-21,24,28H,7,10-11H2,1-3H3,(H,31,36)(H,32,37)(H,39,40). The van der Waals surface area contributed by atoms with E-state index in [1.807, 2.05) is 11.5 Å². The number of carbonyl (C=O) groups is 4. The predicted octanol–water partition coefficient (Wildman–Crippen LogP) is 2.36. The Labute approximate surface area is 240 Å². The van der Waals surface area contributed by atoms with Crippen LogP contribution in [-0.2, 0) is 27.3 Å². The molecule has 0 bridgehead atoms. The number of carboxylic acid groups (broad SMARTS) is 1. The Morgan fingerprint density at radius 1 is 1.12 bits per heavy atom. The molecule has 3 aromatic rings. The van der Waals surface area contributed by atoms with Crippen LogP contribution in [0.15, 0.2) is 53.5 Å². The minimum Gasteiger partial charge on any atom is -0.480 e. The number of pyridine rings is 1. The molecule has 6 rings (SSSR count). The molecule has 4 atom stereocenters. The number of carbonyl (C=O) groups excluding carboxylic acids is 3. The van der Waals surface area contributed by atoms with Crippen LogP contribution in [0.3, 0.4) is 0 Å². The Kier molecular flexibility index (Phi) is 6.44. The average molecular weight is 575 g/mol. The number of aliphatic carboxylic acids is 1. The van der Waals surface area contributed by atoms with Crippen LogP contribution in [0.4, 0.5) is 0 Å². The topological polar surface area (TPSA) is 138 Å². The van der Waals surface area contributed by atoms with Gasteiger partial charge in [0.25, 0.3) is 5.91 Å². The molecule has 2 fully saturated rings. The normalized spacial score (nSPS) is 23.0. The van der Waals surface area contributed by atoms with Crippen molar-refractivity contribution < 1.29 is 24.3 Å². The average Bonchev–Trinajstić information content (AvgIpc) is 3.19. The summed E-state index contributed by atoms with van der Waals surface area (Å²) >= 11 is 1.32. The van der Waals surface area contributed by atoms with Crippen LogP contribution >= 0.6 is 11.8 Å². The fourth-order valence-electron chi connectivity index (χ4n) is 6.30. The van der Waals surface area contributed by atoms with E-state index in [2.05, 4.69) is 16.7 Å². The van der Waals surface area contributed by atoms with Crippen molar-refractivity contribution in [3.63, 3.8) is 0 Å². The molecule has 3 aliphatic rings. The van der Waals surface area contributed by atoms with Crippen LogP contribution in [0, 0.1) is 6.92 Å². The molecule has 4 unspecified atom stereocenters. The van der Waals surface area contributed by atoms with Crippen molar-refractivity contribution >= 4 is 46.4 Å². The molecular formula is C30H30N4O6S. The van der Waals surface area contributed by atoms with Crippen LogP contribution in [0.2, 0.25) is 0 Å². The number of nitrogens with one attached hydrogen (secondary N) is 2. The lowest BCUT2D eigenvalue weighted by Crippen LogP contribution is -2.71. The van der Waals surface area contributed by atoms with Crippen molar-refractivity contribution in [1.82, 2.24) is 20.1 Å². The minimum atomic E-state index is -1.19. The summed E-state index contributed by atoms with van der Waals surface area (Å²) in [6, 6.07) is 9.32. The van der Waals surface area contributed by atoms with Gasteiger partial charge in [0.15, 0.2) is 0 Å². The van der Waals surface area contributed by atoms with Gasteiger partial charge in [-0.2, -0.15) is 0 Å². The van der Waals surface area contributed by atoms with Crippen molar-refractivity contribution in [3.8, 4) is 0 Å². The fourth-order valence-corrected chi connectivity index (χ4v) is 7.92. The molecule has 11 heteroatoms. The zero-order chi connectivity index (χ0) is 29.2. The number of hydrogen-bond acceptors (Lipinski definition) is 6. The molecular weight excluding hydrogens is 544 g/mol. The van der Waals surface area contributed by atoms with Gasteiger partial charge in [0.05, 0.1) is 5.52 Å². The highest BCUT2D eigenvalue weighted by molar-refractivity contribution is 8.01. The van der Waals surface area contributed by atoms with Crippen molar-refractivity contribution in [2.75, 3.05) is 0 Å². The lowest BCUT2D eigenvalue weighted by Gasteiger charge is -2.44. The van der Waals surface area contributed by atoms with E-state index in [1.54, 1.807) is 56.4 Å². The zero-order valence-electron chi connectivity index (χ0n) is 22.8. The van der Waals surface area contributed by atoms with Gasteiger partial charge in [0, 0.05) is 22.9 Å². The number of fused-ring (bicyclic) bond motifs is 1. The van der Waals surface area contributed by atoms with Gasteiger partial charge < -0.3 is 25.2 Å². The number of carboxylic acids is 1. The fraction of sp³-hybridized carbons (Fsp3) is 0.367. The highest BCUT2D eigenvalue weighted by atomic mass is 32.2. The molecule has 0 radical (unpaired) electrons. The highest BCUT2D eigenvalue weighted by Gasteiger charge is 2.64. The molecule has 212 valence electrons. The number of hydrogen-bond donors (Lipinski definition) is 3. The molecule has 10 nitrogen and oxygen atoms in total. The predicted molar refractivity (Wildman–Crippen MR) is 154 cm³/mol. The summed E-state index contributed by atoms with van der Waals surface area (Å²) in [6.07, 6.45) is 3.31. The Morgan fingerprint density at radius 3 is 2.56 bits per heavy atom. The smallest absolute Gasteiger partial charge is 0.327 e. The van der Waals surface area contributed by atoms with Crippen molar-refractivity contribution in [2.24, 2.45) is 0 Å². The van der Waals surface area contributed by atoms with Gasteiger partial charge in [-0.3, -0.25) is 19.2 Å². The van der Waals surface area contributed by atoms with Crippen molar-refractivity contribution in [3.05, 3.63) is 81.1 Å². The van der Waals surface area contributed by atoms with Crippen LogP contribution < -0.4 is 16.1 Å². The molecule has 3 amide bonds. The summed E-state index contributed by atoms with van der Waals surface area (Å²) in [5, 5.41) is 15.1. The number of thioether (sulfide) groups is 1. The molecule has 0 aliphatic carbocycles. The number of β-lactam (4-membered cyclic amide) rings is 1. The lowest BCUT2D eigenvalue weighted by atomic mass is 9.95. The van der Waals surface area contributed by atoms with E-state index in [4.69, 9.17) is 0 Å². The second kappa shape index (κ2) is 9.76. The molecule has 4 heterocycles. The summed E-state index contributed by atoms with van der Waals surface area (Å²) < 4.78 is 1.19. The molecule has 41 heavy (non-hydrogen) atoms. The third-order valence-corrected chi connectivity index (χ3v) is 9.70. The Morgan fingerprint density at radius 2 is 1.85 bits per heavy atom. The first-order valence-electron chi connectivity index (χ1n) is 13.5. The molecule has 2 saturated heterocycles. The van der Waals surface area contributed by atoms with Crippen LogP contribution in [0.25, 0.3) is 10.9 Å². The zero-order valence-corrected chi connectivity index (χ0v) is 23.7. The molecule has 2 aromatic carbocycles. The van der Waals surface area contributed by atoms with Gasteiger partial charge in [-0.15, -0.1) is 11.8 Å². The van der Waals surface area contributed by atoms with E-state index >= 15 is 0 Å². The van der Waals surface area contributed by atoms with Gasteiger partial charge in [-0.05, 0) is 56.4 Å². The summed E-state index contributed by atoms with van der Waals surface area (Å²) in [5.74, 6) is -2.90. The number of amides is 3. The summed E-state index contributed by atoms with van der Waals surface area (Å²) in [5.41, 5.74) is 2.87. The number of rotatable bonds is 6. The van der Waals surface area contributed by atoms with Gasteiger partial charge in [0.1, 0.15) is 29.1 Å². The van der Waals surface area contributed by atoms with Crippen LogP contribution in [0.1, 0.15) is 53.4 Å². The Balaban J connectivity index is 1.30. The second-order valence-corrected chi connectivity index (χ2v) is 13.2. The van der Waals surface area contributed by atoms with Gasteiger partial charge in [-0.1, -0.05) is 36.4 Å². The third-order valence-electron chi connectivity index (χ3n) is 8.13. The molecule has 0 spiro atoms. The van der Waals surface area contributed by atoms with Crippen molar-refractivity contribution in [1.29, 1.82) is 0 Å². The molecule has 1 aromatic heterocycles. The first-order valence-corrected chi connectivity index (χ1v) is 14.4. The quantitative estimate of drug-likeness (QED) is 0.385. The maximum Gasteiger partial charge on any atom is 0.327 e. The van der Waals surface area contributed by atoms with Gasteiger partial charge in [-0.25, -0.2) is 4.79 Å². The lowest BCUT2D eigenvalue weighted by molar-refractivity contribution is -0.161. The summed E-state index contributed by atoms with van der Waals surface area (Å²) in [7, 11) is 0. The molecule has 3 aliphatic heterocycles.